The molecule has 13 heteroatoms. The molecule has 4 rings (SSSR count). The summed E-state index contributed by atoms with van der Waals surface area (Å²) in [7, 11) is -3.69. The Morgan fingerprint density at radius 3 is 2.28 bits per heavy atom. The zero-order chi connectivity index (χ0) is 28.3. The molecule has 2 heterocycles. The quantitative estimate of drug-likeness (QED) is 0.300. The summed E-state index contributed by atoms with van der Waals surface area (Å²) in [4.78, 5) is 39.2. The van der Waals surface area contributed by atoms with Gasteiger partial charge in [0.1, 0.15) is 10.8 Å². The molecule has 0 saturated carbocycles. The number of esters is 1. The van der Waals surface area contributed by atoms with Crippen molar-refractivity contribution in [3.05, 3.63) is 81.3 Å². The highest BCUT2D eigenvalue weighted by atomic mass is 32.2. The Labute approximate surface area is 227 Å². The zero-order valence-electron chi connectivity index (χ0n) is 21.3. The standard InChI is InChI=1S/C26H25FN4O6S2/c1-4-30(5-2)39(35,36)19-13-7-16(8-14-19)23(32)28-24-21-20(15-38-24)22(26(34)37-6-3)29-31(25(21)33)18-11-9-17(27)10-12-18/h7-15H,4-6H2,1-3H3,(H,28,32). The van der Waals surface area contributed by atoms with E-state index in [1.807, 2.05) is 0 Å². The van der Waals surface area contributed by atoms with Gasteiger partial charge in [-0.2, -0.15) is 14.1 Å². The van der Waals surface area contributed by atoms with Crippen LogP contribution in [0.2, 0.25) is 0 Å². The number of hydrogen-bond acceptors (Lipinski definition) is 8. The minimum Gasteiger partial charge on any atom is -0.461 e. The van der Waals surface area contributed by atoms with Crippen molar-refractivity contribution in [3.8, 4) is 5.69 Å². The summed E-state index contributed by atoms with van der Waals surface area (Å²) in [6, 6.07) is 10.4. The van der Waals surface area contributed by atoms with Crippen LogP contribution in [-0.4, -0.2) is 54.1 Å². The number of nitrogens with zero attached hydrogens (tertiary/aromatic N) is 3. The number of hydrogen-bond donors (Lipinski definition) is 1. The fourth-order valence-electron chi connectivity index (χ4n) is 3.92. The number of anilines is 1. The van der Waals surface area contributed by atoms with Crippen LogP contribution in [0.4, 0.5) is 9.39 Å². The van der Waals surface area contributed by atoms with Crippen molar-refractivity contribution >= 4 is 49.0 Å². The highest BCUT2D eigenvalue weighted by Gasteiger charge is 2.24. The van der Waals surface area contributed by atoms with Crippen LogP contribution in [0.25, 0.3) is 16.5 Å². The number of thiophene rings is 1. The van der Waals surface area contributed by atoms with Crippen LogP contribution in [0.1, 0.15) is 41.6 Å². The van der Waals surface area contributed by atoms with Crippen molar-refractivity contribution in [1.82, 2.24) is 14.1 Å². The number of nitrogens with one attached hydrogen (secondary N) is 1. The summed E-state index contributed by atoms with van der Waals surface area (Å²) in [6.07, 6.45) is 0. The number of fused-ring (bicyclic) bond motifs is 1. The first kappa shape index (κ1) is 28.1. The van der Waals surface area contributed by atoms with Gasteiger partial charge >= 0.3 is 5.97 Å². The van der Waals surface area contributed by atoms with Crippen molar-refractivity contribution in [2.24, 2.45) is 0 Å². The predicted molar refractivity (Wildman–Crippen MR) is 146 cm³/mol. The van der Waals surface area contributed by atoms with Crippen molar-refractivity contribution < 1.29 is 27.1 Å². The molecule has 0 unspecified atom stereocenters. The first-order chi connectivity index (χ1) is 18.6. The van der Waals surface area contributed by atoms with Crippen molar-refractivity contribution in [1.29, 1.82) is 0 Å². The van der Waals surface area contributed by atoms with E-state index in [-0.39, 0.29) is 44.2 Å². The molecule has 1 N–H and O–H groups in total. The van der Waals surface area contributed by atoms with Gasteiger partial charge in [0.05, 0.1) is 22.6 Å². The third kappa shape index (κ3) is 5.46. The van der Waals surface area contributed by atoms with E-state index >= 15 is 0 Å². The summed E-state index contributed by atoms with van der Waals surface area (Å²) >= 11 is 1.02. The number of halogens is 1. The molecule has 0 bridgehead atoms. The fourth-order valence-corrected chi connectivity index (χ4v) is 6.31. The number of ether oxygens (including phenoxy) is 1. The Morgan fingerprint density at radius 2 is 1.69 bits per heavy atom. The minimum atomic E-state index is -3.69. The van der Waals surface area contributed by atoms with E-state index in [4.69, 9.17) is 4.74 Å². The largest absolute Gasteiger partial charge is 0.461 e. The molecule has 0 aliphatic carbocycles. The van der Waals surface area contributed by atoms with Gasteiger partial charge in [-0.15, -0.1) is 11.3 Å². The second-order valence-electron chi connectivity index (χ2n) is 8.18. The van der Waals surface area contributed by atoms with Gasteiger partial charge in [-0.25, -0.2) is 17.6 Å². The third-order valence-electron chi connectivity index (χ3n) is 5.88. The molecular formula is C26H25FN4O6S2. The molecule has 0 saturated heterocycles. The van der Waals surface area contributed by atoms with Crippen molar-refractivity contribution in [3.63, 3.8) is 0 Å². The SMILES string of the molecule is CCOC(=O)c1nn(-c2ccc(F)cc2)c(=O)c2c(NC(=O)c3ccc(S(=O)(=O)N(CC)CC)cc3)scc12. The molecule has 0 aliphatic rings. The number of aromatic nitrogens is 2. The average molecular weight is 573 g/mol. The topological polar surface area (TPSA) is 128 Å². The highest BCUT2D eigenvalue weighted by molar-refractivity contribution is 7.89. The van der Waals surface area contributed by atoms with Crippen LogP contribution in [0.15, 0.2) is 63.6 Å². The number of benzene rings is 2. The van der Waals surface area contributed by atoms with Gasteiger partial charge in [0.15, 0.2) is 5.69 Å². The predicted octanol–water partition coefficient (Wildman–Crippen LogP) is 4.05. The normalized spacial score (nSPS) is 11.6. The molecule has 204 valence electrons. The van der Waals surface area contributed by atoms with Crippen molar-refractivity contribution in [2.45, 2.75) is 25.7 Å². The summed E-state index contributed by atoms with van der Waals surface area (Å²) in [5.74, 6) is -1.87. The molecule has 0 radical (unpaired) electrons. The van der Waals surface area contributed by atoms with Gasteiger partial charge in [-0.3, -0.25) is 9.59 Å². The Kier molecular flexibility index (Phi) is 8.23. The average Bonchev–Trinajstić information content (AvgIpc) is 3.34. The second kappa shape index (κ2) is 11.4. The first-order valence-electron chi connectivity index (χ1n) is 12.0. The highest BCUT2D eigenvalue weighted by Crippen LogP contribution is 2.31. The number of rotatable bonds is 9. The summed E-state index contributed by atoms with van der Waals surface area (Å²) in [5, 5.41) is 8.74. The molecule has 2 aromatic heterocycles. The van der Waals surface area contributed by atoms with E-state index in [2.05, 4.69) is 10.4 Å². The molecule has 4 aromatic rings. The zero-order valence-corrected chi connectivity index (χ0v) is 22.9. The molecule has 0 atom stereocenters. The third-order valence-corrected chi connectivity index (χ3v) is 8.84. The molecule has 2 aromatic carbocycles. The van der Waals surface area contributed by atoms with E-state index in [9.17, 15) is 27.2 Å². The van der Waals surface area contributed by atoms with E-state index in [0.717, 1.165) is 28.2 Å². The van der Waals surface area contributed by atoms with Crippen LogP contribution in [-0.2, 0) is 14.8 Å². The Hall–Kier alpha value is -3.94. The van der Waals surface area contributed by atoms with Gasteiger partial charge in [0.25, 0.3) is 11.5 Å². The fraction of sp³-hybridized carbons (Fsp3) is 0.231. The lowest BCUT2D eigenvalue weighted by atomic mass is 10.2. The molecule has 1 amide bonds. The van der Waals surface area contributed by atoms with Gasteiger partial charge in [-0.05, 0) is 55.5 Å². The van der Waals surface area contributed by atoms with E-state index in [0.29, 0.717) is 13.1 Å². The molecule has 10 nitrogen and oxygen atoms in total. The van der Waals surface area contributed by atoms with Gasteiger partial charge in [0, 0.05) is 29.4 Å². The summed E-state index contributed by atoms with van der Waals surface area (Å²) in [6.45, 7) is 5.80. The van der Waals surface area contributed by atoms with Crippen LogP contribution in [0, 0.1) is 5.82 Å². The summed E-state index contributed by atoms with van der Waals surface area (Å²) in [5.41, 5.74) is -0.406. The lowest BCUT2D eigenvalue weighted by molar-refractivity contribution is 0.0519. The van der Waals surface area contributed by atoms with Gasteiger partial charge in [-0.1, -0.05) is 13.8 Å². The Morgan fingerprint density at radius 1 is 1.05 bits per heavy atom. The molecule has 0 aliphatic heterocycles. The maximum atomic E-state index is 13.5. The Balaban J connectivity index is 1.74. The Bertz CT molecular complexity index is 1690. The van der Waals surface area contributed by atoms with E-state index in [1.54, 1.807) is 20.8 Å². The minimum absolute atomic E-state index is 0.0245. The monoisotopic (exact) mass is 572 g/mol. The lowest BCUT2D eigenvalue weighted by Crippen LogP contribution is -2.30. The second-order valence-corrected chi connectivity index (χ2v) is 11.0. The maximum absolute atomic E-state index is 13.5. The van der Waals surface area contributed by atoms with E-state index < -0.39 is 33.3 Å². The number of carbonyl (C=O) groups excluding carboxylic acids is 2. The smallest absolute Gasteiger partial charge is 0.359 e. The van der Waals surface area contributed by atoms with Crippen LogP contribution >= 0.6 is 11.3 Å². The molecule has 39 heavy (non-hydrogen) atoms. The van der Waals surface area contributed by atoms with Crippen LogP contribution in [0.5, 0.6) is 0 Å². The lowest BCUT2D eigenvalue weighted by Gasteiger charge is -2.18. The van der Waals surface area contributed by atoms with Gasteiger partial charge in [0.2, 0.25) is 10.0 Å². The van der Waals surface area contributed by atoms with E-state index in [1.165, 1.54) is 46.1 Å². The number of carbonyl (C=O) groups is 2. The molecular weight excluding hydrogens is 547 g/mol. The molecule has 0 spiro atoms. The molecule has 0 fully saturated rings. The van der Waals surface area contributed by atoms with Crippen molar-refractivity contribution in [2.75, 3.05) is 25.0 Å². The first-order valence-corrected chi connectivity index (χ1v) is 14.3. The number of amides is 1. The summed E-state index contributed by atoms with van der Waals surface area (Å²) < 4.78 is 46.3. The maximum Gasteiger partial charge on any atom is 0.359 e. The van der Waals surface area contributed by atoms with Crippen LogP contribution < -0.4 is 10.9 Å². The van der Waals surface area contributed by atoms with Gasteiger partial charge < -0.3 is 10.1 Å². The van der Waals surface area contributed by atoms with Crippen LogP contribution in [0.3, 0.4) is 0 Å². The number of sulfonamides is 1.